The number of aliphatic hydroxyl groups is 2. The molecule has 0 fully saturated rings. The Labute approximate surface area is 142 Å². The number of aliphatic hydroxyl groups excluding tert-OH is 2. The molecule has 5 heteroatoms. The fourth-order valence-corrected chi connectivity index (χ4v) is 3.03. The Bertz CT molecular complexity index is 627. The normalized spacial score (nSPS) is 11.7. The van der Waals surface area contributed by atoms with Gasteiger partial charge in [-0.15, -0.1) is 0 Å². The molecule has 0 aliphatic carbocycles. The summed E-state index contributed by atoms with van der Waals surface area (Å²) in [6.45, 7) is -0.333. The van der Waals surface area contributed by atoms with E-state index in [-0.39, 0.29) is 13.2 Å². The summed E-state index contributed by atoms with van der Waals surface area (Å²) in [5, 5.41) is 20.7. The molecule has 2 nitrogen and oxygen atoms in total. The van der Waals surface area contributed by atoms with Crippen molar-refractivity contribution >= 4 is 39.1 Å². The summed E-state index contributed by atoms with van der Waals surface area (Å²) in [6, 6.07) is 12.9. The summed E-state index contributed by atoms with van der Waals surface area (Å²) in [6.07, 6.45) is 0.466. The van der Waals surface area contributed by atoms with Crippen LogP contribution in [0.25, 0.3) is 0 Å². The van der Waals surface area contributed by atoms with Gasteiger partial charge >= 0.3 is 0 Å². The number of halogens is 3. The highest BCUT2D eigenvalue weighted by molar-refractivity contribution is 9.10. The molecule has 0 bridgehead atoms. The molecule has 0 spiro atoms. The monoisotopic (exact) mass is 388 g/mol. The Balaban J connectivity index is 2.40. The van der Waals surface area contributed by atoms with E-state index in [1.165, 1.54) is 0 Å². The lowest BCUT2D eigenvalue weighted by Gasteiger charge is -2.31. The van der Waals surface area contributed by atoms with E-state index < -0.39 is 5.41 Å². The summed E-state index contributed by atoms with van der Waals surface area (Å²) in [7, 11) is 0. The van der Waals surface area contributed by atoms with Gasteiger partial charge in [0.1, 0.15) is 0 Å². The molecule has 0 aliphatic rings. The third-order valence-electron chi connectivity index (χ3n) is 3.57. The van der Waals surface area contributed by atoms with Crippen molar-refractivity contribution in [2.45, 2.75) is 11.8 Å². The maximum Gasteiger partial charge on any atom is 0.0595 e. The Morgan fingerprint density at radius 3 is 2.24 bits per heavy atom. The standard InChI is InChI=1S/C16H15BrCl2O2/c17-13-3-1-2-12(7-13)16(9-20,10-21)8-11-4-5-14(18)15(19)6-11/h1-7,20-21H,8-10H2. The van der Waals surface area contributed by atoms with Crippen LogP contribution in [0.3, 0.4) is 0 Å². The number of benzene rings is 2. The molecule has 2 aromatic carbocycles. The van der Waals surface area contributed by atoms with Crippen LogP contribution in [0.5, 0.6) is 0 Å². The minimum Gasteiger partial charge on any atom is -0.395 e. The molecular weight excluding hydrogens is 375 g/mol. The van der Waals surface area contributed by atoms with Crippen LogP contribution in [0.4, 0.5) is 0 Å². The first-order chi connectivity index (χ1) is 10.0. The second-order valence-electron chi connectivity index (χ2n) is 5.03. The predicted octanol–water partition coefficient (Wildman–Crippen LogP) is 4.22. The summed E-state index contributed by atoms with van der Waals surface area (Å²) in [5.41, 5.74) is 1.02. The molecule has 112 valence electrons. The van der Waals surface area contributed by atoms with Crippen LogP contribution >= 0.6 is 39.1 Å². The molecule has 0 radical (unpaired) electrons. The zero-order chi connectivity index (χ0) is 15.5. The third kappa shape index (κ3) is 3.79. The van der Waals surface area contributed by atoms with Crippen LogP contribution < -0.4 is 0 Å². The van der Waals surface area contributed by atoms with E-state index in [9.17, 15) is 10.2 Å². The fraction of sp³-hybridized carbons (Fsp3) is 0.250. The summed E-state index contributed by atoms with van der Waals surface area (Å²) < 4.78 is 0.903. The Hall–Kier alpha value is -0.580. The van der Waals surface area contributed by atoms with Gasteiger partial charge < -0.3 is 10.2 Å². The molecule has 0 aromatic heterocycles. The Morgan fingerprint density at radius 1 is 0.952 bits per heavy atom. The van der Waals surface area contributed by atoms with Gasteiger partial charge in [-0.05, 0) is 41.8 Å². The van der Waals surface area contributed by atoms with E-state index in [0.29, 0.717) is 16.5 Å². The van der Waals surface area contributed by atoms with Crippen molar-refractivity contribution in [3.05, 3.63) is 68.1 Å². The van der Waals surface area contributed by atoms with Crippen LogP contribution in [-0.4, -0.2) is 23.4 Å². The molecular formula is C16H15BrCl2O2. The van der Waals surface area contributed by atoms with Gasteiger partial charge in [-0.1, -0.05) is 57.3 Å². The van der Waals surface area contributed by atoms with Crippen LogP contribution in [0, 0.1) is 0 Å². The summed E-state index contributed by atoms with van der Waals surface area (Å²) in [4.78, 5) is 0. The zero-order valence-electron chi connectivity index (χ0n) is 11.2. The zero-order valence-corrected chi connectivity index (χ0v) is 14.3. The van der Waals surface area contributed by atoms with Crippen molar-refractivity contribution in [2.75, 3.05) is 13.2 Å². The molecule has 0 aliphatic heterocycles. The van der Waals surface area contributed by atoms with E-state index in [1.807, 2.05) is 30.3 Å². The van der Waals surface area contributed by atoms with Gasteiger partial charge in [0, 0.05) is 9.89 Å². The number of rotatable bonds is 5. The SMILES string of the molecule is OCC(CO)(Cc1ccc(Cl)c(Cl)c1)c1cccc(Br)c1. The van der Waals surface area contributed by atoms with Gasteiger partial charge in [0.05, 0.1) is 23.3 Å². The first-order valence-corrected chi connectivity index (χ1v) is 7.97. The van der Waals surface area contributed by atoms with E-state index in [4.69, 9.17) is 23.2 Å². The van der Waals surface area contributed by atoms with Gasteiger partial charge in [-0.3, -0.25) is 0 Å². The largest absolute Gasteiger partial charge is 0.395 e. The van der Waals surface area contributed by atoms with Crippen molar-refractivity contribution in [1.82, 2.24) is 0 Å². The second kappa shape index (κ2) is 7.12. The molecule has 0 amide bonds. The maximum absolute atomic E-state index is 9.87. The van der Waals surface area contributed by atoms with E-state index >= 15 is 0 Å². The molecule has 2 N–H and O–H groups in total. The highest BCUT2D eigenvalue weighted by atomic mass is 79.9. The topological polar surface area (TPSA) is 40.5 Å². The highest BCUT2D eigenvalue weighted by Crippen LogP contribution is 2.32. The molecule has 2 aromatic rings. The van der Waals surface area contributed by atoms with Crippen molar-refractivity contribution in [3.63, 3.8) is 0 Å². The smallest absolute Gasteiger partial charge is 0.0595 e. The molecule has 0 saturated heterocycles. The number of hydrogen-bond acceptors (Lipinski definition) is 2. The van der Waals surface area contributed by atoms with Crippen LogP contribution in [0.2, 0.25) is 10.0 Å². The lowest BCUT2D eigenvalue weighted by molar-refractivity contribution is 0.116. The van der Waals surface area contributed by atoms with Gasteiger partial charge in [-0.25, -0.2) is 0 Å². The van der Waals surface area contributed by atoms with Crippen molar-refractivity contribution in [1.29, 1.82) is 0 Å². The van der Waals surface area contributed by atoms with Gasteiger partial charge in [0.15, 0.2) is 0 Å². The second-order valence-corrected chi connectivity index (χ2v) is 6.76. The van der Waals surface area contributed by atoms with E-state index in [1.54, 1.807) is 12.1 Å². The third-order valence-corrected chi connectivity index (χ3v) is 4.80. The van der Waals surface area contributed by atoms with E-state index in [0.717, 1.165) is 15.6 Å². The van der Waals surface area contributed by atoms with Crippen LogP contribution in [0.15, 0.2) is 46.9 Å². The Kier molecular flexibility index (Phi) is 5.69. The predicted molar refractivity (Wildman–Crippen MR) is 90.2 cm³/mol. The first-order valence-electron chi connectivity index (χ1n) is 6.42. The van der Waals surface area contributed by atoms with Gasteiger partial charge in [0.25, 0.3) is 0 Å². The summed E-state index contributed by atoms with van der Waals surface area (Å²) in [5.74, 6) is 0. The number of hydrogen-bond donors (Lipinski definition) is 2. The first kappa shape index (κ1) is 16.8. The van der Waals surface area contributed by atoms with E-state index in [2.05, 4.69) is 15.9 Å². The lowest BCUT2D eigenvalue weighted by atomic mass is 9.77. The molecule has 0 saturated carbocycles. The minimum atomic E-state index is -0.763. The molecule has 0 atom stereocenters. The Morgan fingerprint density at radius 2 is 1.67 bits per heavy atom. The average Bonchev–Trinajstić information content (AvgIpc) is 2.48. The maximum atomic E-state index is 9.87. The molecule has 2 rings (SSSR count). The van der Waals surface area contributed by atoms with Gasteiger partial charge in [0.2, 0.25) is 0 Å². The fourth-order valence-electron chi connectivity index (χ4n) is 2.31. The minimum absolute atomic E-state index is 0.166. The average molecular weight is 390 g/mol. The molecule has 0 heterocycles. The quantitative estimate of drug-likeness (QED) is 0.803. The van der Waals surface area contributed by atoms with Crippen molar-refractivity contribution < 1.29 is 10.2 Å². The molecule has 0 unspecified atom stereocenters. The van der Waals surface area contributed by atoms with Crippen molar-refractivity contribution in [3.8, 4) is 0 Å². The molecule has 21 heavy (non-hydrogen) atoms. The van der Waals surface area contributed by atoms with Gasteiger partial charge in [-0.2, -0.15) is 0 Å². The highest BCUT2D eigenvalue weighted by Gasteiger charge is 2.31. The lowest BCUT2D eigenvalue weighted by Crippen LogP contribution is -2.37. The van der Waals surface area contributed by atoms with Crippen LogP contribution in [-0.2, 0) is 11.8 Å². The van der Waals surface area contributed by atoms with Crippen LogP contribution in [0.1, 0.15) is 11.1 Å². The van der Waals surface area contributed by atoms with Crippen molar-refractivity contribution in [2.24, 2.45) is 0 Å². The summed E-state index contributed by atoms with van der Waals surface area (Å²) >= 11 is 15.4.